The third kappa shape index (κ3) is 37.8. The van der Waals surface area contributed by atoms with Crippen LogP contribution in [0.2, 0.25) is 0 Å². The Morgan fingerprint density at radius 2 is 1.02 bits per heavy atom. The molecule has 0 aliphatic rings. The highest BCUT2D eigenvalue weighted by molar-refractivity contribution is 5.72. The molecule has 0 aliphatic heterocycles. The molecule has 1 N–H and O–H groups in total. The Bertz CT molecular complexity index is 1200. The van der Waals surface area contributed by atoms with Gasteiger partial charge >= 0.3 is 17.9 Å². The number of carbonyl (C=O) groups is 3. The summed E-state index contributed by atoms with van der Waals surface area (Å²) in [4.78, 5) is 37.0. The van der Waals surface area contributed by atoms with Gasteiger partial charge in [-0.25, -0.2) is 4.79 Å². The topological polar surface area (TPSA) is 99.1 Å². The van der Waals surface area contributed by atoms with Crippen molar-refractivity contribution in [3.8, 4) is 0 Å². The summed E-state index contributed by atoms with van der Waals surface area (Å²) >= 11 is 0. The third-order valence-corrected chi connectivity index (χ3v) is 9.38. The van der Waals surface area contributed by atoms with Gasteiger partial charge in [0, 0.05) is 19.3 Å². The normalized spacial score (nSPS) is 13.8. The highest BCUT2D eigenvalue weighted by atomic mass is 16.6. The molecule has 2 unspecified atom stereocenters. The second kappa shape index (κ2) is 39.3. The predicted octanol–water partition coefficient (Wildman–Crippen LogP) is 12.1. The fourth-order valence-corrected chi connectivity index (χ4v) is 6.00. The van der Waals surface area contributed by atoms with Crippen LogP contribution in [0.3, 0.4) is 0 Å². The molecule has 8 nitrogen and oxygen atoms in total. The van der Waals surface area contributed by atoms with Gasteiger partial charge in [0.05, 0.1) is 34.4 Å². The van der Waals surface area contributed by atoms with Gasteiger partial charge in [0.2, 0.25) is 0 Å². The first-order valence-corrected chi connectivity index (χ1v) is 22.2. The molecular formula is C49H82NO7+. The maximum Gasteiger partial charge on any atom is 0.362 e. The van der Waals surface area contributed by atoms with E-state index < -0.39 is 18.1 Å². The molecule has 2 atom stereocenters. The van der Waals surface area contributed by atoms with Crippen LogP contribution in [-0.4, -0.2) is 80.6 Å². The van der Waals surface area contributed by atoms with Gasteiger partial charge in [-0.3, -0.25) is 9.59 Å². The number of ether oxygens (including phenoxy) is 3. The van der Waals surface area contributed by atoms with E-state index in [1.165, 1.54) is 51.4 Å². The summed E-state index contributed by atoms with van der Waals surface area (Å²) in [5.41, 5.74) is 0. The molecule has 0 aromatic rings. The first kappa shape index (κ1) is 53.5. The van der Waals surface area contributed by atoms with Crippen molar-refractivity contribution in [2.24, 2.45) is 0 Å². The minimum atomic E-state index is -0.886. The van der Waals surface area contributed by atoms with Crippen LogP contribution >= 0.6 is 0 Å². The van der Waals surface area contributed by atoms with E-state index >= 15 is 0 Å². The Morgan fingerprint density at radius 3 is 1.60 bits per heavy atom. The lowest BCUT2D eigenvalue weighted by Crippen LogP contribution is -2.50. The molecule has 0 radical (unpaired) electrons. The van der Waals surface area contributed by atoms with Crippen LogP contribution in [0.25, 0.3) is 0 Å². The van der Waals surface area contributed by atoms with Crippen LogP contribution in [0, 0.1) is 0 Å². The molecule has 57 heavy (non-hydrogen) atoms. The summed E-state index contributed by atoms with van der Waals surface area (Å²) in [6.07, 6.45) is 50.6. The summed E-state index contributed by atoms with van der Waals surface area (Å²) in [6.45, 7) is 4.42. The Balaban J connectivity index is 4.35. The highest BCUT2D eigenvalue weighted by Gasteiger charge is 2.31. The van der Waals surface area contributed by atoms with Gasteiger partial charge in [-0.15, -0.1) is 0 Å². The van der Waals surface area contributed by atoms with E-state index in [9.17, 15) is 19.5 Å². The van der Waals surface area contributed by atoms with E-state index in [1.807, 2.05) is 57.6 Å². The Morgan fingerprint density at radius 1 is 0.544 bits per heavy atom. The average Bonchev–Trinajstić information content (AvgIpc) is 3.17. The fraction of sp³-hybridized carbons (Fsp3) is 0.653. The molecule has 0 fully saturated rings. The number of aliphatic carboxylic acids is 1. The Hall–Kier alpha value is -3.49. The highest BCUT2D eigenvalue weighted by Crippen LogP contribution is 2.14. The molecule has 0 rings (SSSR count). The first-order chi connectivity index (χ1) is 27.6. The van der Waals surface area contributed by atoms with Gasteiger partial charge in [-0.2, -0.15) is 0 Å². The van der Waals surface area contributed by atoms with E-state index in [-0.39, 0.29) is 42.7 Å². The van der Waals surface area contributed by atoms with Gasteiger partial charge in [0.15, 0.2) is 12.1 Å². The zero-order chi connectivity index (χ0) is 42.1. The minimum Gasteiger partial charge on any atom is -0.477 e. The molecule has 0 aromatic carbocycles. The smallest absolute Gasteiger partial charge is 0.362 e. The van der Waals surface area contributed by atoms with Crippen LogP contribution in [0.5, 0.6) is 0 Å². The molecular weight excluding hydrogens is 715 g/mol. The number of unbranched alkanes of at least 4 members (excludes halogenated alkanes) is 13. The maximum absolute atomic E-state index is 12.7. The van der Waals surface area contributed by atoms with E-state index in [2.05, 4.69) is 62.5 Å². The molecule has 0 saturated carbocycles. The monoisotopic (exact) mass is 797 g/mol. The zero-order valence-corrected chi connectivity index (χ0v) is 36.8. The molecule has 0 spiro atoms. The van der Waals surface area contributed by atoms with Crippen molar-refractivity contribution in [1.82, 2.24) is 0 Å². The van der Waals surface area contributed by atoms with Crippen molar-refractivity contribution in [1.29, 1.82) is 0 Å². The van der Waals surface area contributed by atoms with Gasteiger partial charge < -0.3 is 23.8 Å². The minimum absolute atomic E-state index is 0.0391. The van der Waals surface area contributed by atoms with Crippen molar-refractivity contribution in [3.05, 3.63) is 85.1 Å². The predicted molar refractivity (Wildman–Crippen MR) is 238 cm³/mol. The number of hydrogen-bond donors (Lipinski definition) is 1. The van der Waals surface area contributed by atoms with Crippen molar-refractivity contribution in [2.45, 2.75) is 167 Å². The largest absolute Gasteiger partial charge is 0.477 e. The number of hydrogen-bond acceptors (Lipinski definition) is 6. The fourth-order valence-electron chi connectivity index (χ4n) is 6.00. The summed E-state index contributed by atoms with van der Waals surface area (Å²) in [7, 11) is 5.50. The number of esters is 2. The summed E-state index contributed by atoms with van der Waals surface area (Å²) in [5, 5.41) is 9.62. The van der Waals surface area contributed by atoms with Gasteiger partial charge in [-0.05, 0) is 64.2 Å². The van der Waals surface area contributed by atoms with Crippen molar-refractivity contribution in [2.75, 3.05) is 41.0 Å². The number of likely N-dealkylation sites (N-methyl/N-ethyl adjacent to an activating group) is 1. The van der Waals surface area contributed by atoms with E-state index in [1.54, 1.807) is 0 Å². The van der Waals surface area contributed by atoms with Crippen molar-refractivity contribution in [3.63, 3.8) is 0 Å². The number of allylic oxidation sites excluding steroid dienone is 14. The number of rotatable bonds is 38. The molecule has 8 heteroatoms. The molecule has 0 bridgehead atoms. The lowest BCUT2D eigenvalue weighted by atomic mass is 10.1. The quantitative estimate of drug-likeness (QED) is 0.0218. The van der Waals surface area contributed by atoms with E-state index in [0.29, 0.717) is 19.3 Å². The first-order valence-electron chi connectivity index (χ1n) is 22.2. The van der Waals surface area contributed by atoms with Crippen LogP contribution in [-0.2, 0) is 28.6 Å². The van der Waals surface area contributed by atoms with Crippen molar-refractivity contribution < 1.29 is 38.2 Å². The second-order valence-electron chi connectivity index (χ2n) is 15.6. The number of carboxylic acid groups (broad SMARTS) is 1. The molecule has 0 saturated heterocycles. The number of quaternary nitrogens is 1. The van der Waals surface area contributed by atoms with Crippen molar-refractivity contribution >= 4 is 17.9 Å². The maximum atomic E-state index is 12.7. The SMILES string of the molecule is CC/C=C/C=C/C=C/C=C/CCCCCC(=O)OC(COCCC(C(=O)O)[N+](C)(C)C)COC(=O)CCCCCCCCCCCC/C=C/C/C=C/C/C=C/CC. The molecule has 0 aliphatic carbocycles. The Labute approximate surface area is 348 Å². The Kier molecular flexibility index (Phi) is 36.9. The van der Waals surface area contributed by atoms with Crippen LogP contribution in [0.4, 0.5) is 0 Å². The van der Waals surface area contributed by atoms with E-state index in [0.717, 1.165) is 64.2 Å². The molecule has 0 amide bonds. The number of nitrogens with zero attached hydrogens (tertiary/aromatic N) is 1. The summed E-state index contributed by atoms with van der Waals surface area (Å²) in [6, 6.07) is -0.626. The van der Waals surface area contributed by atoms with Crippen LogP contribution < -0.4 is 0 Å². The number of carboxylic acids is 1. The second-order valence-corrected chi connectivity index (χ2v) is 15.6. The molecule has 324 valence electrons. The lowest BCUT2D eigenvalue weighted by molar-refractivity contribution is -0.887. The van der Waals surface area contributed by atoms with Crippen LogP contribution in [0.15, 0.2) is 85.1 Å². The summed E-state index contributed by atoms with van der Waals surface area (Å²) in [5.74, 6) is -1.53. The lowest BCUT2D eigenvalue weighted by Gasteiger charge is -2.31. The standard InChI is InChI=1S/C49H81NO7/c1-6-8-10-12-14-16-18-20-21-22-23-24-25-26-28-29-31-33-35-37-39-47(51)56-44-45(43-55-42-41-46(49(53)54)50(3,4)5)57-48(52)40-38-36-34-32-30-27-19-17-15-13-11-9-7-2/h8-11,13-17,19-21,27,30,45-46H,6-7,12,18,22-26,28-29,31-44H2,1-5H3/p+1/b10-8+,11-9+,15-13+,16-14+,19-17+,21-20+,30-27+. The summed E-state index contributed by atoms with van der Waals surface area (Å²) < 4.78 is 17.2. The zero-order valence-electron chi connectivity index (χ0n) is 36.8. The van der Waals surface area contributed by atoms with Gasteiger partial charge in [-0.1, -0.05) is 157 Å². The van der Waals surface area contributed by atoms with Crippen LogP contribution in [0.1, 0.15) is 155 Å². The third-order valence-electron chi connectivity index (χ3n) is 9.38. The van der Waals surface area contributed by atoms with Gasteiger partial charge in [0.25, 0.3) is 0 Å². The number of carbonyl (C=O) groups excluding carboxylic acids is 2. The van der Waals surface area contributed by atoms with Gasteiger partial charge in [0.1, 0.15) is 6.61 Å². The average molecular weight is 797 g/mol. The molecule has 0 aromatic heterocycles. The van der Waals surface area contributed by atoms with E-state index in [4.69, 9.17) is 14.2 Å². The molecule has 0 heterocycles.